The minimum absolute atomic E-state index is 0.103. The largest absolute Gasteiger partial charge is 0.382 e. The Balaban J connectivity index is 1.91. The van der Waals surface area contributed by atoms with Gasteiger partial charge in [-0.1, -0.05) is 24.2 Å². The lowest BCUT2D eigenvalue weighted by Gasteiger charge is -2.09. The summed E-state index contributed by atoms with van der Waals surface area (Å²) in [7, 11) is 1.76. The van der Waals surface area contributed by atoms with Crippen LogP contribution in [0.1, 0.15) is 35.4 Å². The average Bonchev–Trinajstić information content (AvgIpc) is 2.94. The van der Waals surface area contributed by atoms with E-state index in [4.69, 9.17) is 5.73 Å². The van der Waals surface area contributed by atoms with Crippen molar-refractivity contribution < 1.29 is 4.79 Å². The predicted octanol–water partition coefficient (Wildman–Crippen LogP) is 1.69. The standard InChI is InChI=1S/C11H18N4OS/c1-13-11-15-9(12)8(17-11)10(16)14-6-7-4-2-3-5-7/h7H,2-6,12H2,1H3,(H,13,15)(H,14,16). The molecule has 1 amide bonds. The Morgan fingerprint density at radius 3 is 2.82 bits per heavy atom. The van der Waals surface area contributed by atoms with E-state index in [1.165, 1.54) is 37.0 Å². The quantitative estimate of drug-likeness (QED) is 0.764. The molecule has 1 saturated carbocycles. The molecule has 94 valence electrons. The van der Waals surface area contributed by atoms with Crippen molar-refractivity contribution in [2.75, 3.05) is 24.6 Å². The summed E-state index contributed by atoms with van der Waals surface area (Å²) < 4.78 is 0. The van der Waals surface area contributed by atoms with Crippen LogP contribution in [0.4, 0.5) is 10.9 Å². The number of carbonyl (C=O) groups is 1. The highest BCUT2D eigenvalue weighted by atomic mass is 32.1. The highest BCUT2D eigenvalue weighted by molar-refractivity contribution is 7.18. The highest BCUT2D eigenvalue weighted by Crippen LogP contribution is 2.26. The number of nitrogens with zero attached hydrogens (tertiary/aromatic N) is 1. The number of hydrogen-bond acceptors (Lipinski definition) is 5. The number of nitrogens with two attached hydrogens (primary N) is 1. The molecule has 17 heavy (non-hydrogen) atoms. The van der Waals surface area contributed by atoms with Crippen LogP contribution < -0.4 is 16.4 Å². The van der Waals surface area contributed by atoms with Crippen molar-refractivity contribution in [3.8, 4) is 0 Å². The second-order valence-electron chi connectivity index (χ2n) is 4.34. The maximum atomic E-state index is 11.9. The van der Waals surface area contributed by atoms with Crippen molar-refractivity contribution in [3.05, 3.63) is 4.88 Å². The fourth-order valence-electron chi connectivity index (χ4n) is 2.13. The summed E-state index contributed by atoms with van der Waals surface area (Å²) in [4.78, 5) is 16.5. The Kier molecular flexibility index (Phi) is 3.83. The molecule has 0 atom stereocenters. The predicted molar refractivity (Wildman–Crippen MR) is 70.4 cm³/mol. The van der Waals surface area contributed by atoms with Crippen LogP contribution in [-0.2, 0) is 0 Å². The molecule has 1 heterocycles. The third kappa shape index (κ3) is 2.88. The smallest absolute Gasteiger partial charge is 0.265 e. The van der Waals surface area contributed by atoms with Gasteiger partial charge in [-0.05, 0) is 18.8 Å². The second kappa shape index (κ2) is 5.35. The van der Waals surface area contributed by atoms with Crippen molar-refractivity contribution in [1.82, 2.24) is 10.3 Å². The Labute approximate surface area is 105 Å². The molecule has 0 aliphatic heterocycles. The zero-order chi connectivity index (χ0) is 12.3. The molecule has 1 fully saturated rings. The van der Waals surface area contributed by atoms with Crippen LogP contribution >= 0.6 is 11.3 Å². The van der Waals surface area contributed by atoms with E-state index in [-0.39, 0.29) is 5.91 Å². The number of nitrogen functional groups attached to an aromatic ring is 1. The topological polar surface area (TPSA) is 80.0 Å². The molecule has 5 nitrogen and oxygen atoms in total. The van der Waals surface area contributed by atoms with E-state index in [0.29, 0.717) is 21.7 Å². The Bertz CT molecular complexity index is 398. The molecule has 0 radical (unpaired) electrons. The van der Waals surface area contributed by atoms with Gasteiger partial charge < -0.3 is 16.4 Å². The minimum atomic E-state index is -0.103. The zero-order valence-corrected chi connectivity index (χ0v) is 10.8. The van der Waals surface area contributed by atoms with Crippen LogP contribution in [0.3, 0.4) is 0 Å². The summed E-state index contributed by atoms with van der Waals surface area (Å²) >= 11 is 1.29. The van der Waals surface area contributed by atoms with Gasteiger partial charge in [0.25, 0.3) is 5.91 Å². The minimum Gasteiger partial charge on any atom is -0.382 e. The van der Waals surface area contributed by atoms with E-state index >= 15 is 0 Å². The normalized spacial score (nSPS) is 16.1. The molecule has 1 aromatic heterocycles. The lowest BCUT2D eigenvalue weighted by Crippen LogP contribution is -2.28. The average molecular weight is 254 g/mol. The number of rotatable bonds is 4. The highest BCUT2D eigenvalue weighted by Gasteiger charge is 2.19. The fraction of sp³-hybridized carbons (Fsp3) is 0.636. The first-order chi connectivity index (χ1) is 8.20. The van der Waals surface area contributed by atoms with Crippen molar-refractivity contribution in [3.63, 3.8) is 0 Å². The van der Waals surface area contributed by atoms with Crippen molar-refractivity contribution in [2.45, 2.75) is 25.7 Å². The third-order valence-corrected chi connectivity index (χ3v) is 4.19. The lowest BCUT2D eigenvalue weighted by molar-refractivity contribution is 0.0952. The van der Waals surface area contributed by atoms with Gasteiger partial charge >= 0.3 is 0 Å². The van der Waals surface area contributed by atoms with Gasteiger partial charge in [-0.15, -0.1) is 0 Å². The molecule has 2 rings (SSSR count). The van der Waals surface area contributed by atoms with Crippen LogP contribution in [0, 0.1) is 5.92 Å². The van der Waals surface area contributed by atoms with Crippen molar-refractivity contribution in [1.29, 1.82) is 0 Å². The van der Waals surface area contributed by atoms with Gasteiger partial charge in [-0.25, -0.2) is 4.98 Å². The Morgan fingerprint density at radius 1 is 1.53 bits per heavy atom. The van der Waals surface area contributed by atoms with E-state index in [2.05, 4.69) is 15.6 Å². The van der Waals surface area contributed by atoms with Crippen LogP contribution in [0.15, 0.2) is 0 Å². The first-order valence-electron chi connectivity index (χ1n) is 5.93. The Morgan fingerprint density at radius 2 is 2.24 bits per heavy atom. The summed E-state index contributed by atoms with van der Waals surface area (Å²) in [6.07, 6.45) is 5.01. The summed E-state index contributed by atoms with van der Waals surface area (Å²) in [5.41, 5.74) is 5.70. The van der Waals surface area contributed by atoms with Gasteiger partial charge in [-0.3, -0.25) is 4.79 Å². The van der Waals surface area contributed by atoms with Crippen molar-refractivity contribution in [2.24, 2.45) is 5.92 Å². The number of thiazole rings is 1. The Hall–Kier alpha value is -1.30. The van der Waals surface area contributed by atoms with E-state index < -0.39 is 0 Å². The molecule has 4 N–H and O–H groups in total. The first kappa shape index (κ1) is 12.2. The molecule has 1 aliphatic rings. The number of nitrogens with one attached hydrogen (secondary N) is 2. The number of amides is 1. The maximum Gasteiger partial charge on any atom is 0.265 e. The van der Waals surface area contributed by atoms with Gasteiger partial charge in [0.1, 0.15) is 10.7 Å². The van der Waals surface area contributed by atoms with E-state index in [1.807, 2.05) is 0 Å². The number of aromatic nitrogens is 1. The van der Waals surface area contributed by atoms with E-state index in [9.17, 15) is 4.79 Å². The molecular formula is C11H18N4OS. The maximum absolute atomic E-state index is 11.9. The van der Waals surface area contributed by atoms with Gasteiger partial charge in [0.2, 0.25) is 0 Å². The van der Waals surface area contributed by atoms with E-state index in [1.54, 1.807) is 7.05 Å². The summed E-state index contributed by atoms with van der Waals surface area (Å²) in [6.45, 7) is 0.755. The zero-order valence-electron chi connectivity index (χ0n) is 9.95. The summed E-state index contributed by atoms with van der Waals surface area (Å²) in [6, 6.07) is 0. The lowest BCUT2D eigenvalue weighted by atomic mass is 10.1. The number of hydrogen-bond donors (Lipinski definition) is 3. The van der Waals surface area contributed by atoms with Gasteiger partial charge in [0, 0.05) is 13.6 Å². The van der Waals surface area contributed by atoms with Crippen LogP contribution in [0.25, 0.3) is 0 Å². The van der Waals surface area contributed by atoms with Gasteiger partial charge in [-0.2, -0.15) is 0 Å². The first-order valence-corrected chi connectivity index (χ1v) is 6.74. The second-order valence-corrected chi connectivity index (χ2v) is 5.34. The molecule has 0 aromatic carbocycles. The molecule has 0 bridgehead atoms. The molecule has 0 unspecified atom stereocenters. The van der Waals surface area contributed by atoms with E-state index in [0.717, 1.165) is 6.54 Å². The van der Waals surface area contributed by atoms with Gasteiger partial charge in [0.15, 0.2) is 5.13 Å². The van der Waals surface area contributed by atoms with Gasteiger partial charge in [0.05, 0.1) is 0 Å². The molecule has 1 aromatic rings. The summed E-state index contributed by atoms with van der Waals surface area (Å²) in [5, 5.41) is 6.51. The fourth-order valence-corrected chi connectivity index (χ4v) is 2.89. The SMILES string of the molecule is CNc1nc(N)c(C(=O)NCC2CCCC2)s1. The molecule has 0 saturated heterocycles. The molecule has 0 spiro atoms. The molecular weight excluding hydrogens is 236 g/mol. The van der Waals surface area contributed by atoms with Crippen LogP contribution in [0.2, 0.25) is 0 Å². The third-order valence-electron chi connectivity index (χ3n) is 3.10. The molecule has 1 aliphatic carbocycles. The number of anilines is 2. The van der Waals surface area contributed by atoms with Crippen LogP contribution in [0.5, 0.6) is 0 Å². The monoisotopic (exact) mass is 254 g/mol. The molecule has 6 heteroatoms. The summed E-state index contributed by atoms with van der Waals surface area (Å²) in [5.74, 6) is 0.841. The van der Waals surface area contributed by atoms with Crippen molar-refractivity contribution >= 4 is 28.2 Å². The number of carbonyl (C=O) groups excluding carboxylic acids is 1. The van der Waals surface area contributed by atoms with Crippen LogP contribution in [-0.4, -0.2) is 24.5 Å².